The lowest BCUT2D eigenvalue weighted by molar-refractivity contribution is 0.0774. The van der Waals surface area contributed by atoms with Crippen LogP contribution in [0, 0.1) is 5.82 Å². The van der Waals surface area contributed by atoms with Gasteiger partial charge < -0.3 is 28.9 Å². The monoisotopic (exact) mass is 657 g/mol. The van der Waals surface area contributed by atoms with Gasteiger partial charge in [-0.25, -0.2) is 9.37 Å². The highest BCUT2D eigenvalue weighted by atomic mass is 32.1. The molecule has 1 amide bonds. The summed E-state index contributed by atoms with van der Waals surface area (Å²) in [6.45, 7) is 8.17. The zero-order valence-corrected chi connectivity index (χ0v) is 27.5. The summed E-state index contributed by atoms with van der Waals surface area (Å²) in [5.41, 5.74) is 3.05. The Bertz CT molecular complexity index is 1740. The van der Waals surface area contributed by atoms with E-state index in [0.29, 0.717) is 36.0 Å². The molecule has 0 N–H and O–H groups in total. The summed E-state index contributed by atoms with van der Waals surface area (Å²) < 4.78 is 32.1. The average molecular weight is 658 g/mol. The third-order valence-electron chi connectivity index (χ3n) is 9.14. The van der Waals surface area contributed by atoms with E-state index in [1.54, 1.807) is 19.2 Å². The lowest BCUT2D eigenvalue weighted by Crippen LogP contribution is -2.47. The molecule has 3 aliphatic heterocycles. The van der Waals surface area contributed by atoms with Gasteiger partial charge in [-0.1, -0.05) is 0 Å². The van der Waals surface area contributed by atoms with E-state index in [1.807, 2.05) is 41.4 Å². The van der Waals surface area contributed by atoms with Crippen LogP contribution in [0.2, 0.25) is 0 Å². The first kappa shape index (κ1) is 31.5. The first-order valence-corrected chi connectivity index (χ1v) is 17.3. The Morgan fingerprint density at radius 3 is 2.38 bits per heavy atom. The largest absolute Gasteiger partial charge is 0.494 e. The summed E-state index contributed by atoms with van der Waals surface area (Å²) in [6.07, 6.45) is 5.74. The number of carbonyl (C=O) groups is 1. The average Bonchev–Trinajstić information content (AvgIpc) is 3.72. The Morgan fingerprint density at radius 1 is 0.894 bits per heavy atom. The molecule has 1 aromatic heterocycles. The van der Waals surface area contributed by atoms with Crippen molar-refractivity contribution >= 4 is 39.4 Å². The molecule has 7 rings (SSSR count). The highest BCUT2D eigenvalue weighted by molar-refractivity contribution is 7.21. The van der Waals surface area contributed by atoms with Crippen molar-refractivity contribution in [2.45, 2.75) is 31.7 Å². The third kappa shape index (κ3) is 7.27. The number of hydrogen-bond acceptors (Lipinski definition) is 9. The van der Waals surface area contributed by atoms with Crippen LogP contribution in [0.3, 0.4) is 0 Å². The van der Waals surface area contributed by atoms with Crippen molar-refractivity contribution in [3.8, 4) is 27.8 Å². The van der Waals surface area contributed by atoms with E-state index in [1.165, 1.54) is 23.5 Å². The number of carbonyl (C=O) groups excluding carboxylic acids is 1. The molecule has 0 spiro atoms. The van der Waals surface area contributed by atoms with E-state index >= 15 is 0 Å². The fraction of sp³-hybridized carbons (Fsp3) is 0.417. The first-order chi connectivity index (χ1) is 23.0. The predicted molar refractivity (Wildman–Crippen MR) is 183 cm³/mol. The van der Waals surface area contributed by atoms with Gasteiger partial charge in [0.1, 0.15) is 16.6 Å². The maximum absolute atomic E-state index is 13.5. The summed E-state index contributed by atoms with van der Waals surface area (Å²) in [5.74, 6) is 1.83. The summed E-state index contributed by atoms with van der Waals surface area (Å²) in [4.78, 5) is 29.3. The highest BCUT2D eigenvalue weighted by Crippen LogP contribution is 2.38. The van der Waals surface area contributed by atoms with E-state index in [2.05, 4.69) is 19.8 Å². The molecular weight excluding hydrogens is 617 g/mol. The van der Waals surface area contributed by atoms with Crippen LogP contribution in [0.4, 0.5) is 10.1 Å². The second-order valence-corrected chi connectivity index (χ2v) is 13.3. The number of halogens is 1. The molecule has 0 bridgehead atoms. The van der Waals surface area contributed by atoms with Crippen molar-refractivity contribution in [2.24, 2.45) is 4.99 Å². The molecule has 246 valence electrons. The molecule has 4 heterocycles. The lowest BCUT2D eigenvalue weighted by Gasteiger charge is -2.34. The zero-order chi connectivity index (χ0) is 32.2. The van der Waals surface area contributed by atoms with Gasteiger partial charge in [-0.2, -0.15) is 0 Å². The third-order valence-corrected chi connectivity index (χ3v) is 10.2. The maximum atomic E-state index is 13.5. The Hall–Kier alpha value is -4.06. The fourth-order valence-corrected chi connectivity index (χ4v) is 7.52. The van der Waals surface area contributed by atoms with Gasteiger partial charge in [0.25, 0.3) is 5.91 Å². The minimum atomic E-state index is -0.240. The van der Waals surface area contributed by atoms with E-state index in [9.17, 15) is 9.18 Å². The molecule has 2 fully saturated rings. The number of hydrogen-bond donors (Lipinski definition) is 0. The zero-order valence-electron chi connectivity index (χ0n) is 26.7. The Kier molecular flexibility index (Phi) is 9.64. The Balaban J connectivity index is 0.800. The van der Waals surface area contributed by atoms with Crippen molar-refractivity contribution < 1.29 is 23.4 Å². The van der Waals surface area contributed by atoms with Gasteiger partial charge in [-0.15, -0.1) is 11.3 Å². The molecule has 3 aliphatic rings. The Morgan fingerprint density at radius 2 is 1.64 bits per heavy atom. The van der Waals surface area contributed by atoms with Crippen molar-refractivity contribution in [2.75, 3.05) is 66.1 Å². The number of methoxy groups -OCH3 is 1. The SMILES string of the molecule is COc1cc2c(cc1OCCCN1CCN(CCCOc3ccc(-c4nc5ccc(F)cc5s4)cc3)CC1)N=CC1CCCN1C2=O. The molecule has 0 aliphatic carbocycles. The number of amides is 1. The molecule has 4 aromatic rings. The number of rotatable bonds is 12. The minimum Gasteiger partial charge on any atom is -0.494 e. The molecule has 3 aromatic carbocycles. The number of ether oxygens (including phenoxy) is 3. The van der Waals surface area contributed by atoms with Crippen LogP contribution in [-0.4, -0.2) is 104 Å². The summed E-state index contributed by atoms with van der Waals surface area (Å²) in [5, 5.41) is 0.878. The molecule has 47 heavy (non-hydrogen) atoms. The van der Waals surface area contributed by atoms with Crippen molar-refractivity contribution in [1.29, 1.82) is 0 Å². The van der Waals surface area contributed by atoms with Gasteiger partial charge in [0.2, 0.25) is 0 Å². The second kappa shape index (κ2) is 14.4. The smallest absolute Gasteiger partial charge is 0.256 e. The molecule has 1 atom stereocenters. The minimum absolute atomic E-state index is 0.0180. The van der Waals surface area contributed by atoms with Crippen LogP contribution >= 0.6 is 11.3 Å². The first-order valence-electron chi connectivity index (χ1n) is 16.5. The molecule has 9 nitrogen and oxygen atoms in total. The second-order valence-electron chi connectivity index (χ2n) is 12.2. The van der Waals surface area contributed by atoms with Crippen LogP contribution in [0.15, 0.2) is 59.6 Å². The summed E-state index contributed by atoms with van der Waals surface area (Å²) in [7, 11) is 1.61. The molecule has 0 radical (unpaired) electrons. The number of benzene rings is 3. The van der Waals surface area contributed by atoms with Gasteiger partial charge >= 0.3 is 0 Å². The van der Waals surface area contributed by atoms with Crippen LogP contribution in [0.25, 0.3) is 20.8 Å². The highest BCUT2D eigenvalue weighted by Gasteiger charge is 2.32. The van der Waals surface area contributed by atoms with Crippen molar-refractivity contribution in [3.63, 3.8) is 0 Å². The van der Waals surface area contributed by atoms with Gasteiger partial charge in [-0.3, -0.25) is 9.79 Å². The van der Waals surface area contributed by atoms with Crippen molar-refractivity contribution in [3.05, 3.63) is 66.0 Å². The molecule has 0 saturated carbocycles. The molecule has 11 heteroatoms. The standard InChI is InChI=1S/C36H40FN5O4S/c1-44-32-22-29-31(38-24-27-5-2-14-42(27)36(29)43)23-33(32)46-20-4-13-41-17-15-40(16-18-41)12-3-19-45-28-9-6-25(7-10-28)35-39-30-11-8-26(37)21-34(30)47-35/h6-11,21-24,27H,2-5,12-20H2,1H3. The molecular formula is C36H40FN5O4S. The van der Waals surface area contributed by atoms with Gasteiger partial charge in [0.05, 0.1) is 47.8 Å². The van der Waals surface area contributed by atoms with E-state index in [4.69, 9.17) is 14.2 Å². The van der Waals surface area contributed by atoms with Gasteiger partial charge in [-0.05, 0) is 74.2 Å². The molecule has 1 unspecified atom stereocenters. The van der Waals surface area contributed by atoms with Crippen LogP contribution < -0.4 is 14.2 Å². The van der Waals surface area contributed by atoms with Gasteiger partial charge in [0, 0.05) is 63.7 Å². The number of aromatic nitrogens is 1. The summed E-state index contributed by atoms with van der Waals surface area (Å²) in [6, 6.07) is 16.4. The predicted octanol–water partition coefficient (Wildman–Crippen LogP) is 6.29. The number of piperazine rings is 1. The van der Waals surface area contributed by atoms with Crippen LogP contribution in [-0.2, 0) is 0 Å². The lowest BCUT2D eigenvalue weighted by atomic mass is 10.1. The van der Waals surface area contributed by atoms with E-state index in [-0.39, 0.29) is 17.8 Å². The quantitative estimate of drug-likeness (QED) is 0.166. The van der Waals surface area contributed by atoms with Crippen LogP contribution in [0.5, 0.6) is 17.2 Å². The normalized spacial score (nSPS) is 18.3. The van der Waals surface area contributed by atoms with E-state index in [0.717, 1.165) is 98.0 Å². The van der Waals surface area contributed by atoms with E-state index < -0.39 is 0 Å². The fourth-order valence-electron chi connectivity index (χ4n) is 6.52. The van der Waals surface area contributed by atoms with Crippen molar-refractivity contribution in [1.82, 2.24) is 19.7 Å². The van der Waals surface area contributed by atoms with Gasteiger partial charge in [0.15, 0.2) is 11.5 Å². The number of aliphatic imine (C=N–C) groups is 1. The Labute approximate surface area is 278 Å². The summed E-state index contributed by atoms with van der Waals surface area (Å²) >= 11 is 1.49. The number of fused-ring (bicyclic) bond motifs is 3. The van der Waals surface area contributed by atoms with Crippen LogP contribution in [0.1, 0.15) is 36.0 Å². The number of thiazole rings is 1. The molecule has 2 saturated heterocycles. The topological polar surface area (TPSA) is 79.7 Å². The maximum Gasteiger partial charge on any atom is 0.256 e. The number of nitrogens with zero attached hydrogens (tertiary/aromatic N) is 5.